The number of halogens is 1. The molecule has 1 aromatic carbocycles. The highest BCUT2D eigenvalue weighted by molar-refractivity contribution is 6.30. The Balaban J connectivity index is 0.000000347. The lowest BCUT2D eigenvalue weighted by Gasteiger charge is -2.07. The van der Waals surface area contributed by atoms with E-state index in [4.69, 9.17) is 17.3 Å². The van der Waals surface area contributed by atoms with E-state index in [9.17, 15) is 4.79 Å². The number of ether oxygens (including phenoxy) is 1. The van der Waals surface area contributed by atoms with E-state index >= 15 is 0 Å². The molecule has 0 fully saturated rings. The Hall–Kier alpha value is -1.94. The molecule has 4 nitrogen and oxygen atoms in total. The molecule has 108 valence electrons. The zero-order chi connectivity index (χ0) is 15.0. The van der Waals surface area contributed by atoms with Crippen LogP contribution in [-0.4, -0.2) is 17.6 Å². The molecule has 1 aromatic heterocycles. The number of aryl methyl sites for hydroxylation is 1. The summed E-state index contributed by atoms with van der Waals surface area (Å²) in [7, 11) is 0. The molecular formula is C15H19ClN2O2. The van der Waals surface area contributed by atoms with Crippen molar-refractivity contribution in [1.29, 1.82) is 0 Å². The maximum absolute atomic E-state index is 9.18. The number of aromatic nitrogens is 1. The van der Waals surface area contributed by atoms with Crippen LogP contribution >= 0.6 is 11.6 Å². The van der Waals surface area contributed by atoms with Crippen molar-refractivity contribution in [3.05, 3.63) is 52.8 Å². The van der Waals surface area contributed by atoms with Gasteiger partial charge in [0.25, 0.3) is 6.47 Å². The lowest BCUT2D eigenvalue weighted by Crippen LogP contribution is -2.00. The van der Waals surface area contributed by atoms with E-state index in [-0.39, 0.29) is 0 Å². The summed E-state index contributed by atoms with van der Waals surface area (Å²) < 4.78 is 6.25. The van der Waals surface area contributed by atoms with Gasteiger partial charge in [-0.1, -0.05) is 11.6 Å². The fourth-order valence-electron chi connectivity index (χ4n) is 1.64. The lowest BCUT2D eigenvalue weighted by atomic mass is 10.2. The van der Waals surface area contributed by atoms with Crippen LogP contribution in [0.15, 0.2) is 36.7 Å². The average Bonchev–Trinajstić information content (AvgIpc) is 2.81. The standard InChI is InChI=1S/C12H13ClN2.C3H6O2/c1-9-4-5-15(7-9)8-10-6-11(13)2-3-12(10)14;1-2-5-3-4/h2-7H,8,14H2,1H3;3H,2H2,1H3. The van der Waals surface area contributed by atoms with Crippen molar-refractivity contribution >= 4 is 23.8 Å². The minimum Gasteiger partial charge on any atom is -0.468 e. The molecule has 0 bridgehead atoms. The smallest absolute Gasteiger partial charge is 0.293 e. The Morgan fingerprint density at radius 3 is 2.65 bits per heavy atom. The third-order valence-corrected chi connectivity index (χ3v) is 2.83. The van der Waals surface area contributed by atoms with Crippen LogP contribution < -0.4 is 5.73 Å². The number of carbonyl (C=O) groups excluding carboxylic acids is 1. The van der Waals surface area contributed by atoms with Crippen LogP contribution in [0, 0.1) is 6.92 Å². The van der Waals surface area contributed by atoms with Crippen LogP contribution in [0.3, 0.4) is 0 Å². The van der Waals surface area contributed by atoms with E-state index in [1.54, 1.807) is 13.0 Å². The molecule has 2 rings (SSSR count). The number of hydrogen-bond acceptors (Lipinski definition) is 3. The van der Waals surface area contributed by atoms with Crippen LogP contribution in [-0.2, 0) is 16.1 Å². The highest BCUT2D eigenvalue weighted by Gasteiger charge is 2.01. The highest BCUT2D eigenvalue weighted by Crippen LogP contribution is 2.19. The molecule has 1 heterocycles. The Bertz CT molecular complexity index is 553. The van der Waals surface area contributed by atoms with Gasteiger partial charge in [-0.2, -0.15) is 0 Å². The molecule has 20 heavy (non-hydrogen) atoms. The molecule has 0 unspecified atom stereocenters. The largest absolute Gasteiger partial charge is 0.468 e. The van der Waals surface area contributed by atoms with Gasteiger partial charge in [-0.25, -0.2) is 0 Å². The van der Waals surface area contributed by atoms with Crippen LogP contribution in [0.4, 0.5) is 5.69 Å². The van der Waals surface area contributed by atoms with Crippen molar-refractivity contribution < 1.29 is 9.53 Å². The van der Waals surface area contributed by atoms with E-state index in [1.807, 2.05) is 18.3 Å². The number of rotatable bonds is 4. The molecule has 0 spiro atoms. The van der Waals surface area contributed by atoms with Gasteiger partial charge in [0, 0.05) is 29.6 Å². The monoisotopic (exact) mass is 294 g/mol. The van der Waals surface area contributed by atoms with Gasteiger partial charge >= 0.3 is 0 Å². The molecule has 0 aliphatic rings. The maximum atomic E-state index is 9.18. The van der Waals surface area contributed by atoms with E-state index in [0.717, 1.165) is 22.8 Å². The summed E-state index contributed by atoms with van der Waals surface area (Å²) in [6.45, 7) is 5.50. The molecule has 0 radical (unpaired) electrons. The molecule has 0 saturated carbocycles. The van der Waals surface area contributed by atoms with E-state index < -0.39 is 0 Å². The van der Waals surface area contributed by atoms with Gasteiger partial charge in [-0.3, -0.25) is 4.79 Å². The quantitative estimate of drug-likeness (QED) is 0.695. The second-order valence-electron chi connectivity index (χ2n) is 4.26. The van der Waals surface area contributed by atoms with Crippen LogP contribution in [0.2, 0.25) is 5.02 Å². The first-order valence-electron chi connectivity index (χ1n) is 6.28. The molecule has 0 aliphatic heterocycles. The molecule has 0 saturated heterocycles. The zero-order valence-corrected chi connectivity index (χ0v) is 12.4. The van der Waals surface area contributed by atoms with Gasteiger partial charge < -0.3 is 15.0 Å². The number of nitrogens with zero attached hydrogens (tertiary/aromatic N) is 1. The van der Waals surface area contributed by atoms with Gasteiger partial charge in [0.1, 0.15) is 0 Å². The van der Waals surface area contributed by atoms with Gasteiger partial charge in [0.2, 0.25) is 0 Å². The number of nitrogens with two attached hydrogens (primary N) is 1. The van der Waals surface area contributed by atoms with E-state index in [0.29, 0.717) is 13.1 Å². The second kappa shape index (κ2) is 8.27. The van der Waals surface area contributed by atoms with Crippen molar-refractivity contribution in [2.75, 3.05) is 12.3 Å². The van der Waals surface area contributed by atoms with Crippen molar-refractivity contribution in [3.63, 3.8) is 0 Å². The summed E-state index contributed by atoms with van der Waals surface area (Å²) in [4.78, 5) is 9.18. The van der Waals surface area contributed by atoms with Crippen molar-refractivity contribution in [3.8, 4) is 0 Å². The summed E-state index contributed by atoms with van der Waals surface area (Å²) in [6.07, 6.45) is 4.12. The minimum atomic E-state index is 0.431. The zero-order valence-electron chi connectivity index (χ0n) is 11.7. The molecule has 0 atom stereocenters. The molecule has 0 aliphatic carbocycles. The first-order valence-corrected chi connectivity index (χ1v) is 6.66. The van der Waals surface area contributed by atoms with E-state index in [1.165, 1.54) is 5.56 Å². The highest BCUT2D eigenvalue weighted by atomic mass is 35.5. The Labute approximate surface area is 124 Å². The van der Waals surface area contributed by atoms with Crippen LogP contribution in [0.25, 0.3) is 0 Å². The SMILES string of the molecule is CCOC=O.Cc1ccn(Cc2cc(Cl)ccc2N)c1. The Morgan fingerprint density at radius 2 is 2.15 bits per heavy atom. The van der Waals surface area contributed by atoms with Crippen molar-refractivity contribution in [1.82, 2.24) is 4.57 Å². The maximum Gasteiger partial charge on any atom is 0.293 e. The topological polar surface area (TPSA) is 57.2 Å². The van der Waals surface area contributed by atoms with Gasteiger partial charge in [0.15, 0.2) is 0 Å². The summed E-state index contributed by atoms with van der Waals surface area (Å²) in [5, 5.41) is 0.725. The van der Waals surface area contributed by atoms with Crippen molar-refractivity contribution in [2.45, 2.75) is 20.4 Å². The molecule has 2 aromatic rings. The molecule has 2 N–H and O–H groups in total. The van der Waals surface area contributed by atoms with Crippen LogP contribution in [0.5, 0.6) is 0 Å². The van der Waals surface area contributed by atoms with Crippen molar-refractivity contribution in [2.24, 2.45) is 0 Å². The summed E-state index contributed by atoms with van der Waals surface area (Å²) in [5.41, 5.74) is 8.95. The normalized spacial score (nSPS) is 9.55. The summed E-state index contributed by atoms with van der Waals surface area (Å²) in [5.74, 6) is 0. The van der Waals surface area contributed by atoms with E-state index in [2.05, 4.69) is 28.5 Å². The summed E-state index contributed by atoms with van der Waals surface area (Å²) >= 11 is 5.92. The number of benzene rings is 1. The number of hydrogen-bond donors (Lipinski definition) is 1. The number of anilines is 1. The first-order chi connectivity index (χ1) is 9.56. The predicted octanol–water partition coefficient (Wildman–Crippen LogP) is 3.26. The Kier molecular flexibility index (Phi) is 6.67. The molecule has 0 amide bonds. The Morgan fingerprint density at radius 1 is 1.40 bits per heavy atom. The lowest BCUT2D eigenvalue weighted by molar-refractivity contribution is -0.128. The fourth-order valence-corrected chi connectivity index (χ4v) is 1.83. The van der Waals surface area contributed by atoms with Gasteiger partial charge in [-0.05, 0) is 49.2 Å². The van der Waals surface area contributed by atoms with Gasteiger partial charge in [-0.15, -0.1) is 0 Å². The first kappa shape index (κ1) is 16.1. The second-order valence-corrected chi connectivity index (χ2v) is 4.69. The van der Waals surface area contributed by atoms with Crippen LogP contribution in [0.1, 0.15) is 18.1 Å². The fraction of sp³-hybridized carbons (Fsp3) is 0.267. The number of nitrogen functional groups attached to an aromatic ring is 1. The third-order valence-electron chi connectivity index (χ3n) is 2.59. The third kappa shape index (κ3) is 5.36. The molecule has 5 heteroatoms. The average molecular weight is 295 g/mol. The number of carbonyl (C=O) groups is 1. The predicted molar refractivity (Wildman–Crippen MR) is 81.8 cm³/mol. The molecular weight excluding hydrogens is 276 g/mol. The van der Waals surface area contributed by atoms with Gasteiger partial charge in [0.05, 0.1) is 6.61 Å². The minimum absolute atomic E-state index is 0.431. The summed E-state index contributed by atoms with van der Waals surface area (Å²) in [6, 6.07) is 7.63.